The van der Waals surface area contributed by atoms with E-state index in [1.54, 1.807) is 37.7 Å². The largest absolute Gasteiger partial charge is 0.492 e. The van der Waals surface area contributed by atoms with Gasteiger partial charge >= 0.3 is 5.97 Å². The number of halogens is 2. The van der Waals surface area contributed by atoms with Gasteiger partial charge in [-0.25, -0.2) is 18.3 Å². The molecule has 0 radical (unpaired) electrons. The van der Waals surface area contributed by atoms with Gasteiger partial charge in [0.2, 0.25) is 11.8 Å². The van der Waals surface area contributed by atoms with Crippen molar-refractivity contribution in [2.45, 2.75) is 102 Å². The van der Waals surface area contributed by atoms with Gasteiger partial charge in [0.25, 0.3) is 11.8 Å². The average molecular weight is 1060 g/mol. The maximum Gasteiger partial charge on any atom is 0.306 e. The number of rotatable bonds is 17. The second-order valence-corrected chi connectivity index (χ2v) is 21.7. The number of hydrogen-bond donors (Lipinski definition) is 2. The van der Waals surface area contributed by atoms with Crippen LogP contribution in [0.5, 0.6) is 5.75 Å². The summed E-state index contributed by atoms with van der Waals surface area (Å²) in [6.45, 7) is 13.8. The van der Waals surface area contributed by atoms with Crippen molar-refractivity contribution in [3.63, 3.8) is 0 Å². The second-order valence-electron chi connectivity index (χ2n) is 21.7. The third kappa shape index (κ3) is 12.5. The number of piperidine rings is 2. The van der Waals surface area contributed by atoms with Crippen LogP contribution in [0.15, 0.2) is 73.2 Å². The zero-order valence-electron chi connectivity index (χ0n) is 44.2. The Hall–Kier alpha value is -7.50. The van der Waals surface area contributed by atoms with Crippen LogP contribution in [0, 0.1) is 23.0 Å². The highest BCUT2D eigenvalue weighted by Gasteiger charge is 2.40. The number of esters is 1. The molecule has 3 fully saturated rings. The second kappa shape index (κ2) is 23.0. The summed E-state index contributed by atoms with van der Waals surface area (Å²) < 4.78 is 42.1. The summed E-state index contributed by atoms with van der Waals surface area (Å²) in [4.78, 5) is 80.8. The molecular weight excluding hydrogens is 989 g/mol. The van der Waals surface area contributed by atoms with E-state index in [0.29, 0.717) is 101 Å². The number of likely N-dealkylation sites (tertiary alicyclic amines) is 1. The Morgan fingerprint density at radius 1 is 0.909 bits per heavy atom. The molecule has 18 nitrogen and oxygen atoms in total. The molecule has 20 heteroatoms. The van der Waals surface area contributed by atoms with Crippen LogP contribution in [0.25, 0.3) is 16.6 Å². The lowest BCUT2D eigenvalue weighted by Gasteiger charge is -2.46. The van der Waals surface area contributed by atoms with E-state index in [9.17, 15) is 38.0 Å². The van der Waals surface area contributed by atoms with Crippen molar-refractivity contribution in [3.05, 3.63) is 113 Å². The van der Waals surface area contributed by atoms with E-state index >= 15 is 0 Å². The molecule has 4 amide bonds. The Labute approximate surface area is 447 Å². The van der Waals surface area contributed by atoms with E-state index in [2.05, 4.69) is 37.3 Å². The third-order valence-corrected chi connectivity index (χ3v) is 15.3. The number of carbonyl (C=O) groups excluding carboxylic acids is 5. The molecule has 2 aromatic carbocycles. The highest BCUT2D eigenvalue weighted by atomic mass is 19.1. The van der Waals surface area contributed by atoms with Crippen LogP contribution in [0.4, 0.5) is 14.6 Å². The number of nitrogens with zero attached hydrogens (tertiary/aromatic N) is 9. The number of carbonyl (C=O) groups is 5. The molecule has 406 valence electrons. The van der Waals surface area contributed by atoms with E-state index in [4.69, 9.17) is 20.2 Å². The monoisotopic (exact) mass is 1060 g/mol. The molecule has 4 aliphatic heterocycles. The molecule has 0 saturated carbocycles. The lowest BCUT2D eigenvalue weighted by molar-refractivity contribution is -0.155. The number of hydrogen-bond acceptors (Lipinski definition) is 13. The van der Waals surface area contributed by atoms with Crippen LogP contribution in [-0.4, -0.2) is 153 Å². The van der Waals surface area contributed by atoms with Crippen molar-refractivity contribution in [2.24, 2.45) is 5.73 Å². The number of pyridine rings is 2. The van der Waals surface area contributed by atoms with Crippen molar-refractivity contribution in [1.82, 2.24) is 39.5 Å². The summed E-state index contributed by atoms with van der Waals surface area (Å²) in [6, 6.07) is 15.8. The van der Waals surface area contributed by atoms with Crippen molar-refractivity contribution >= 4 is 40.9 Å². The quantitative estimate of drug-likeness (QED) is 0.102. The van der Waals surface area contributed by atoms with Crippen molar-refractivity contribution < 1.29 is 42.2 Å². The molecule has 5 aromatic rings. The first-order valence-electron chi connectivity index (χ1n) is 26.6. The zero-order chi connectivity index (χ0) is 54.6. The number of piperazine rings is 1. The van der Waals surface area contributed by atoms with E-state index in [0.717, 1.165) is 72.2 Å². The molecule has 0 bridgehead atoms. The Morgan fingerprint density at radius 2 is 1.66 bits per heavy atom. The topological polar surface area (TPSA) is 212 Å². The normalized spacial score (nSPS) is 17.7. The molecular formula is C57H67F2N11O7. The van der Waals surface area contributed by atoms with E-state index in [-0.39, 0.29) is 42.7 Å². The fourth-order valence-corrected chi connectivity index (χ4v) is 11.3. The summed E-state index contributed by atoms with van der Waals surface area (Å²) in [5, 5.41) is 17.3. The molecule has 77 heavy (non-hydrogen) atoms. The number of aromatic nitrogens is 3. The van der Waals surface area contributed by atoms with Crippen LogP contribution in [0.2, 0.25) is 0 Å². The van der Waals surface area contributed by atoms with Gasteiger partial charge in [-0.3, -0.25) is 28.9 Å². The van der Waals surface area contributed by atoms with Crippen LogP contribution >= 0.6 is 0 Å². The minimum Gasteiger partial charge on any atom is -0.492 e. The van der Waals surface area contributed by atoms with E-state index < -0.39 is 46.6 Å². The number of amides is 4. The van der Waals surface area contributed by atoms with Gasteiger partial charge in [0.1, 0.15) is 40.9 Å². The lowest BCUT2D eigenvalue weighted by atomic mass is 9.86. The lowest BCUT2D eigenvalue weighted by Crippen LogP contribution is -2.62. The van der Waals surface area contributed by atoms with Crippen LogP contribution in [0.1, 0.15) is 116 Å². The van der Waals surface area contributed by atoms with Gasteiger partial charge in [-0.2, -0.15) is 10.4 Å². The number of ether oxygens (including phenoxy) is 2. The predicted molar refractivity (Wildman–Crippen MR) is 283 cm³/mol. The number of nitriles is 1. The number of fused-ring (bicyclic) bond motifs is 2. The van der Waals surface area contributed by atoms with Crippen molar-refractivity contribution in [3.8, 4) is 22.9 Å². The first kappa shape index (κ1) is 54.3. The molecule has 4 aliphatic rings. The zero-order valence-corrected chi connectivity index (χ0v) is 44.2. The molecule has 1 atom stereocenters. The maximum absolute atomic E-state index is 15.0. The first-order valence-corrected chi connectivity index (χ1v) is 26.6. The Kier molecular flexibility index (Phi) is 16.2. The van der Waals surface area contributed by atoms with Crippen LogP contribution < -0.4 is 20.7 Å². The van der Waals surface area contributed by atoms with Crippen LogP contribution in [-0.2, 0) is 25.7 Å². The van der Waals surface area contributed by atoms with Gasteiger partial charge in [0, 0.05) is 94.6 Å². The molecule has 9 rings (SSSR count). The summed E-state index contributed by atoms with van der Waals surface area (Å²) in [7, 11) is 0. The molecule has 0 spiro atoms. The minimum atomic E-state index is -0.935. The summed E-state index contributed by atoms with van der Waals surface area (Å²) in [6.07, 6.45) is 8.14. The average Bonchev–Trinajstić information content (AvgIpc) is 4.00. The predicted octanol–water partition coefficient (Wildman–Crippen LogP) is 6.06. The van der Waals surface area contributed by atoms with Gasteiger partial charge in [-0.05, 0) is 132 Å². The number of benzene rings is 2. The third-order valence-electron chi connectivity index (χ3n) is 15.3. The number of anilines is 1. The van der Waals surface area contributed by atoms with E-state index in [1.807, 2.05) is 42.2 Å². The fraction of sp³-hybridized carbons (Fsp3) is 0.474. The Balaban J connectivity index is 0.770. The van der Waals surface area contributed by atoms with Gasteiger partial charge in [-0.15, -0.1) is 0 Å². The number of nitrogens with two attached hydrogens (primary N) is 1. The highest BCUT2D eigenvalue weighted by Crippen LogP contribution is 2.36. The molecule has 3 aromatic heterocycles. The fourth-order valence-electron chi connectivity index (χ4n) is 11.3. The van der Waals surface area contributed by atoms with Gasteiger partial charge in [0.15, 0.2) is 0 Å². The summed E-state index contributed by atoms with van der Waals surface area (Å²) in [5.74, 6) is -1.96. The molecule has 0 unspecified atom stereocenters. The Morgan fingerprint density at radius 3 is 2.34 bits per heavy atom. The van der Waals surface area contributed by atoms with Crippen molar-refractivity contribution in [2.75, 3.05) is 77.0 Å². The van der Waals surface area contributed by atoms with Gasteiger partial charge < -0.3 is 40.1 Å². The molecule has 0 aliphatic carbocycles. The smallest absolute Gasteiger partial charge is 0.306 e. The van der Waals surface area contributed by atoms with E-state index in [1.165, 1.54) is 11.1 Å². The highest BCUT2D eigenvalue weighted by molar-refractivity contribution is 6.01. The summed E-state index contributed by atoms with van der Waals surface area (Å²) in [5.41, 5.74) is 8.96. The minimum absolute atomic E-state index is 0.0394. The number of nitrogens with one attached hydrogen (secondary N) is 1. The van der Waals surface area contributed by atoms with Crippen molar-refractivity contribution in [1.29, 1.82) is 5.26 Å². The standard InChI is InChI=1S/C57H67F2N11O7/c1-5-76-43-30-44(52-41(31-60)33-63-70(52)35-43)39-8-12-49(62-32-39)67-22-17-57(18-23-67,64-54(74)46-29-42(58)9-10-47(46)59)36-66-24-26-68(27-25-66)50(71)16-21-65-19-14-37(15-20-65)38-6-7-40-34-69(55(75)45(40)28-38)48(53(61)73)11-13-51(72)77-56(2,3)4/h6-10,12,28-30,32-33,35,37,48H,5,11,13-27,34,36H2,1-4H3,(H2,61,73)(H,64,74)/t48-/m0/s1. The van der Waals surface area contributed by atoms with Gasteiger partial charge in [-0.1, -0.05) is 12.1 Å². The molecule has 7 heterocycles. The SMILES string of the molecule is CCOc1cc(-c2ccc(N3CCC(CN4CCN(C(=O)CCN5CCC(c6ccc7c(c6)C(=O)N([C@@H](CCC(=O)OC(C)(C)C)C(N)=O)C7)CC5)CC4)(NC(=O)c4cc(F)ccc4F)CC3)nc2)c2c(C#N)cnn2c1. The maximum atomic E-state index is 15.0. The van der Waals surface area contributed by atoms with Crippen LogP contribution in [0.3, 0.4) is 0 Å². The first-order chi connectivity index (χ1) is 36.9. The number of primary amides is 1. The summed E-state index contributed by atoms with van der Waals surface area (Å²) >= 11 is 0. The molecule has 3 N–H and O–H groups in total. The molecule has 3 saturated heterocycles. The Bertz CT molecular complexity index is 3060. The van der Waals surface area contributed by atoms with Gasteiger partial charge in [0.05, 0.1) is 41.2 Å².